The van der Waals surface area contributed by atoms with Gasteiger partial charge in [-0.15, -0.1) is 11.3 Å². The van der Waals surface area contributed by atoms with Crippen molar-refractivity contribution in [2.24, 2.45) is 7.05 Å². The highest BCUT2D eigenvalue weighted by molar-refractivity contribution is 7.14. The van der Waals surface area contributed by atoms with Crippen molar-refractivity contribution in [3.63, 3.8) is 0 Å². The van der Waals surface area contributed by atoms with Gasteiger partial charge in [0.25, 0.3) is 17.6 Å². The number of hydrogen-bond donors (Lipinski definition) is 2. The molecule has 0 saturated heterocycles. The molecular formula is C20H18F2N4O3S. The number of ketones is 1. The fourth-order valence-electron chi connectivity index (χ4n) is 3.07. The second kappa shape index (κ2) is 8.15. The Bertz CT molecular complexity index is 1180. The first-order valence-electron chi connectivity index (χ1n) is 8.80. The quantitative estimate of drug-likeness (QED) is 0.474. The van der Waals surface area contributed by atoms with Crippen molar-refractivity contribution in [1.29, 1.82) is 0 Å². The highest BCUT2D eigenvalue weighted by Gasteiger charge is 2.29. The van der Waals surface area contributed by atoms with E-state index in [1.165, 1.54) is 22.0 Å². The Morgan fingerprint density at radius 1 is 1.07 bits per heavy atom. The summed E-state index contributed by atoms with van der Waals surface area (Å²) in [7, 11) is 1.56. The summed E-state index contributed by atoms with van der Waals surface area (Å²) in [6.45, 7) is 4.92. The van der Waals surface area contributed by atoms with Gasteiger partial charge in [-0.2, -0.15) is 0 Å². The van der Waals surface area contributed by atoms with Gasteiger partial charge in [-0.05, 0) is 38.5 Å². The third-order valence-electron chi connectivity index (χ3n) is 4.60. The Labute approximate surface area is 174 Å². The minimum atomic E-state index is -1.10. The predicted molar refractivity (Wildman–Crippen MR) is 109 cm³/mol. The van der Waals surface area contributed by atoms with Gasteiger partial charge in [0.2, 0.25) is 0 Å². The molecule has 0 unspecified atom stereocenters. The van der Waals surface area contributed by atoms with Crippen LogP contribution in [0.3, 0.4) is 0 Å². The van der Waals surface area contributed by atoms with Gasteiger partial charge < -0.3 is 9.88 Å². The smallest absolute Gasteiger partial charge is 0.300 e. The number of aromatic nitrogens is 2. The van der Waals surface area contributed by atoms with Gasteiger partial charge in [0, 0.05) is 29.9 Å². The molecule has 7 nitrogen and oxygen atoms in total. The first-order chi connectivity index (χ1) is 14.1. The number of nitrogens with one attached hydrogen (secondary N) is 2. The molecule has 0 atom stereocenters. The summed E-state index contributed by atoms with van der Waals surface area (Å²) in [5.41, 5.74) is 1.73. The van der Waals surface area contributed by atoms with Gasteiger partial charge >= 0.3 is 0 Å². The zero-order valence-corrected chi connectivity index (χ0v) is 17.4. The van der Waals surface area contributed by atoms with Crippen molar-refractivity contribution < 1.29 is 23.2 Å². The number of halogens is 2. The van der Waals surface area contributed by atoms with E-state index in [-0.39, 0.29) is 16.9 Å². The number of anilines is 2. The first kappa shape index (κ1) is 21.3. The average molecular weight is 432 g/mol. The number of benzene rings is 1. The Morgan fingerprint density at radius 3 is 2.37 bits per heavy atom. The summed E-state index contributed by atoms with van der Waals surface area (Å²) in [6.07, 6.45) is 0. The predicted octanol–water partition coefficient (Wildman–Crippen LogP) is 3.76. The molecule has 10 heteroatoms. The van der Waals surface area contributed by atoms with E-state index in [1.807, 2.05) is 0 Å². The summed E-state index contributed by atoms with van der Waals surface area (Å²) < 4.78 is 28.0. The van der Waals surface area contributed by atoms with E-state index in [0.717, 1.165) is 12.1 Å². The molecule has 30 heavy (non-hydrogen) atoms. The van der Waals surface area contributed by atoms with Gasteiger partial charge in [0.15, 0.2) is 16.8 Å². The van der Waals surface area contributed by atoms with Crippen molar-refractivity contribution in [2.45, 2.75) is 20.8 Å². The summed E-state index contributed by atoms with van der Waals surface area (Å²) in [6, 6.07) is 2.98. The topological polar surface area (TPSA) is 93.1 Å². The molecule has 0 bridgehead atoms. The molecule has 0 spiro atoms. The monoisotopic (exact) mass is 432 g/mol. The number of hydrogen-bond acceptors (Lipinski definition) is 5. The third-order valence-corrected chi connectivity index (χ3v) is 5.47. The molecule has 2 aromatic heterocycles. The molecule has 0 aliphatic rings. The number of carbonyl (C=O) groups excluding carboxylic acids is 3. The standard InChI is InChI=1S/C20H18F2N4O3S/c1-9-8-30-20(23-9)25-19(29)17(27)16-10(2)15(11(3)26(16)4)18(28)24-12-5-6-13(21)14(22)7-12/h5-8H,1-4H3,(H,24,28)(H,23,25,29). The fourth-order valence-corrected chi connectivity index (χ4v) is 3.76. The van der Waals surface area contributed by atoms with E-state index in [0.29, 0.717) is 22.1 Å². The lowest BCUT2D eigenvalue weighted by Gasteiger charge is -2.07. The van der Waals surface area contributed by atoms with E-state index in [4.69, 9.17) is 0 Å². The van der Waals surface area contributed by atoms with Crippen LogP contribution in [-0.2, 0) is 11.8 Å². The number of rotatable bonds is 5. The average Bonchev–Trinajstić information content (AvgIpc) is 3.18. The van der Waals surface area contributed by atoms with E-state index in [2.05, 4.69) is 15.6 Å². The number of carbonyl (C=O) groups is 3. The van der Waals surface area contributed by atoms with E-state index in [9.17, 15) is 23.2 Å². The molecule has 0 fully saturated rings. The molecule has 2 N–H and O–H groups in total. The second-order valence-corrected chi connectivity index (χ2v) is 7.51. The lowest BCUT2D eigenvalue weighted by Crippen LogP contribution is -2.25. The molecule has 3 aromatic rings. The van der Waals surface area contributed by atoms with E-state index < -0.39 is 29.2 Å². The van der Waals surface area contributed by atoms with Crippen molar-refractivity contribution in [3.8, 4) is 0 Å². The molecule has 3 rings (SSSR count). The maximum atomic E-state index is 13.4. The Balaban J connectivity index is 1.88. The number of Topliss-reactive ketones (excluding diaryl/α,β-unsaturated/α-hetero) is 1. The minimum Gasteiger partial charge on any atom is -0.344 e. The van der Waals surface area contributed by atoms with E-state index in [1.54, 1.807) is 33.2 Å². The second-order valence-electron chi connectivity index (χ2n) is 6.65. The van der Waals surface area contributed by atoms with Gasteiger partial charge in [-0.1, -0.05) is 0 Å². The van der Waals surface area contributed by atoms with Crippen LogP contribution < -0.4 is 10.6 Å². The highest BCUT2D eigenvalue weighted by Crippen LogP contribution is 2.24. The highest BCUT2D eigenvalue weighted by atomic mass is 32.1. The van der Waals surface area contributed by atoms with Crippen molar-refractivity contribution in [2.75, 3.05) is 10.6 Å². The van der Waals surface area contributed by atoms with Crippen LogP contribution in [0.1, 0.15) is 37.8 Å². The van der Waals surface area contributed by atoms with Crippen LogP contribution in [0.25, 0.3) is 0 Å². The molecule has 1 aromatic carbocycles. The number of thiazole rings is 1. The van der Waals surface area contributed by atoms with Crippen LogP contribution in [-0.4, -0.2) is 27.1 Å². The lowest BCUT2D eigenvalue weighted by atomic mass is 10.1. The van der Waals surface area contributed by atoms with Crippen LogP contribution in [0, 0.1) is 32.4 Å². The molecule has 2 amide bonds. The zero-order valence-electron chi connectivity index (χ0n) is 16.6. The molecule has 0 saturated carbocycles. The number of amides is 2. The van der Waals surface area contributed by atoms with Gasteiger partial charge in [-0.25, -0.2) is 13.8 Å². The maximum Gasteiger partial charge on any atom is 0.300 e. The maximum absolute atomic E-state index is 13.4. The van der Waals surface area contributed by atoms with Gasteiger partial charge in [0.05, 0.1) is 17.0 Å². The fraction of sp³-hybridized carbons (Fsp3) is 0.200. The summed E-state index contributed by atoms with van der Waals surface area (Å²) in [5, 5.41) is 6.96. The largest absolute Gasteiger partial charge is 0.344 e. The molecule has 0 aliphatic heterocycles. The summed E-state index contributed by atoms with van der Waals surface area (Å²) in [4.78, 5) is 42.0. The van der Waals surface area contributed by atoms with Crippen LogP contribution in [0.4, 0.5) is 19.6 Å². The van der Waals surface area contributed by atoms with Crippen LogP contribution in [0.5, 0.6) is 0 Å². The SMILES string of the molecule is Cc1csc(NC(=O)C(=O)c2c(C)c(C(=O)Nc3ccc(F)c(F)c3)c(C)n2C)n1. The zero-order chi connectivity index (χ0) is 22.2. The van der Waals surface area contributed by atoms with Crippen molar-refractivity contribution in [3.05, 3.63) is 63.4 Å². The lowest BCUT2D eigenvalue weighted by molar-refractivity contribution is -0.112. The molecule has 0 aliphatic carbocycles. The third kappa shape index (κ3) is 3.99. The summed E-state index contributed by atoms with van der Waals surface area (Å²) >= 11 is 1.19. The number of aryl methyl sites for hydroxylation is 1. The Kier molecular flexibility index (Phi) is 5.79. The first-order valence-corrected chi connectivity index (χ1v) is 9.68. The van der Waals surface area contributed by atoms with Crippen LogP contribution in [0.2, 0.25) is 0 Å². The van der Waals surface area contributed by atoms with Crippen molar-refractivity contribution >= 4 is 39.8 Å². The van der Waals surface area contributed by atoms with Gasteiger partial charge in [-0.3, -0.25) is 19.7 Å². The summed E-state index contributed by atoms with van der Waals surface area (Å²) in [5.74, 6) is -4.44. The van der Waals surface area contributed by atoms with Crippen LogP contribution in [0.15, 0.2) is 23.6 Å². The normalized spacial score (nSPS) is 10.7. The van der Waals surface area contributed by atoms with Crippen molar-refractivity contribution in [1.82, 2.24) is 9.55 Å². The Morgan fingerprint density at radius 2 is 1.77 bits per heavy atom. The number of nitrogens with zero attached hydrogens (tertiary/aromatic N) is 2. The molecule has 156 valence electrons. The van der Waals surface area contributed by atoms with Gasteiger partial charge in [0.1, 0.15) is 0 Å². The molecule has 2 heterocycles. The van der Waals surface area contributed by atoms with Crippen LogP contribution >= 0.6 is 11.3 Å². The molecular weight excluding hydrogens is 414 g/mol. The Hall–Kier alpha value is -3.40. The minimum absolute atomic E-state index is 0.0497. The molecule has 0 radical (unpaired) electrons. The van der Waals surface area contributed by atoms with E-state index >= 15 is 0 Å².